The highest BCUT2D eigenvalue weighted by molar-refractivity contribution is 9.10. The zero-order valence-electron chi connectivity index (χ0n) is 17.0. The van der Waals surface area contributed by atoms with E-state index in [0.29, 0.717) is 33.4 Å². The molecule has 2 aromatic rings. The van der Waals surface area contributed by atoms with Gasteiger partial charge in [-0.1, -0.05) is 23.8 Å². The van der Waals surface area contributed by atoms with Crippen molar-refractivity contribution in [2.75, 3.05) is 9.44 Å². The fraction of sp³-hybridized carbons (Fsp3) is 0.158. The van der Waals surface area contributed by atoms with Gasteiger partial charge < -0.3 is 11.5 Å². The van der Waals surface area contributed by atoms with Crippen LogP contribution in [0.4, 0.5) is 11.4 Å². The molecule has 0 radical (unpaired) electrons. The van der Waals surface area contributed by atoms with Crippen LogP contribution in [0.2, 0.25) is 0 Å². The van der Waals surface area contributed by atoms with Crippen LogP contribution in [0.15, 0.2) is 49.2 Å². The molecule has 13 heteroatoms. The van der Waals surface area contributed by atoms with Crippen molar-refractivity contribution in [2.24, 2.45) is 20.3 Å². The van der Waals surface area contributed by atoms with E-state index in [1.54, 1.807) is 24.3 Å². The molecule has 2 aliphatic heterocycles. The quantitative estimate of drug-likeness (QED) is 0.466. The maximum atomic E-state index is 11.8. The number of amidine groups is 2. The standard InChI is InChI=1S/C19H19BrN6O4S2/c1-9(8-11-6-7-14-16(17(11)20)19(22)26-32(29,30)24-14)10(2)12-4-3-5-13-15(12)18(21)25-31(27,28)23-13/h3-7,23-24H,8H2,1-2H3,(H2,21,25)(H2,22,26)/b10-9-. The summed E-state index contributed by atoms with van der Waals surface area (Å²) in [6.45, 7) is 3.86. The van der Waals surface area contributed by atoms with E-state index < -0.39 is 20.4 Å². The predicted molar refractivity (Wildman–Crippen MR) is 129 cm³/mol. The number of halogens is 1. The summed E-state index contributed by atoms with van der Waals surface area (Å²) in [6, 6.07) is 8.65. The Morgan fingerprint density at radius 1 is 0.906 bits per heavy atom. The van der Waals surface area contributed by atoms with Gasteiger partial charge in [0, 0.05) is 10.0 Å². The summed E-state index contributed by atoms with van der Waals surface area (Å²) < 4.78 is 59.7. The van der Waals surface area contributed by atoms with Crippen LogP contribution in [-0.4, -0.2) is 28.5 Å². The number of hydrogen-bond donors (Lipinski definition) is 4. The van der Waals surface area contributed by atoms with E-state index in [2.05, 4.69) is 34.2 Å². The SMILES string of the molecule is C/C(Cc1ccc2c(c1Br)C(N)=NS(=O)(=O)N2)=C(\C)c1cccc2c1C(N)=NS(=O)(=O)N2. The minimum atomic E-state index is -3.87. The van der Waals surface area contributed by atoms with Crippen molar-refractivity contribution in [3.8, 4) is 0 Å². The Labute approximate surface area is 194 Å². The fourth-order valence-electron chi connectivity index (χ4n) is 3.64. The molecule has 0 saturated heterocycles. The minimum absolute atomic E-state index is 0.0762. The molecule has 2 aliphatic rings. The van der Waals surface area contributed by atoms with Crippen LogP contribution in [0.3, 0.4) is 0 Å². The van der Waals surface area contributed by atoms with Crippen molar-refractivity contribution in [1.29, 1.82) is 0 Å². The van der Waals surface area contributed by atoms with Crippen LogP contribution < -0.4 is 20.9 Å². The first-order valence-electron chi connectivity index (χ1n) is 9.27. The van der Waals surface area contributed by atoms with E-state index in [1.165, 1.54) is 0 Å². The second-order valence-electron chi connectivity index (χ2n) is 7.38. The summed E-state index contributed by atoms with van der Waals surface area (Å²) in [6.07, 6.45) is 0.506. The summed E-state index contributed by atoms with van der Waals surface area (Å²) in [4.78, 5) is 0. The molecule has 0 aromatic heterocycles. The first-order chi connectivity index (χ1) is 14.9. The molecule has 168 valence electrons. The number of hydrogen-bond acceptors (Lipinski definition) is 6. The number of fused-ring (bicyclic) bond motifs is 2. The molecule has 0 atom stereocenters. The van der Waals surface area contributed by atoms with Crippen LogP contribution in [0, 0.1) is 0 Å². The first-order valence-corrected chi connectivity index (χ1v) is 12.9. The van der Waals surface area contributed by atoms with Gasteiger partial charge in [0.2, 0.25) is 0 Å². The van der Waals surface area contributed by atoms with E-state index in [-0.39, 0.29) is 11.7 Å². The Morgan fingerprint density at radius 2 is 1.47 bits per heavy atom. The molecular weight excluding hydrogens is 520 g/mol. The molecule has 0 saturated carbocycles. The molecule has 0 spiro atoms. The molecule has 2 aromatic carbocycles. The molecule has 0 bridgehead atoms. The van der Waals surface area contributed by atoms with E-state index in [4.69, 9.17) is 11.5 Å². The van der Waals surface area contributed by atoms with Crippen molar-refractivity contribution in [3.05, 3.63) is 62.6 Å². The highest BCUT2D eigenvalue weighted by Gasteiger charge is 2.26. The number of anilines is 2. The lowest BCUT2D eigenvalue weighted by Gasteiger charge is -2.21. The molecule has 32 heavy (non-hydrogen) atoms. The van der Waals surface area contributed by atoms with E-state index in [0.717, 1.165) is 22.3 Å². The second-order valence-corrected chi connectivity index (χ2v) is 10.8. The maximum absolute atomic E-state index is 11.8. The summed E-state index contributed by atoms with van der Waals surface area (Å²) in [5, 5.41) is 0. The van der Waals surface area contributed by atoms with E-state index in [1.807, 2.05) is 19.9 Å². The highest BCUT2D eigenvalue weighted by Crippen LogP contribution is 2.35. The molecule has 0 amide bonds. The predicted octanol–water partition coefficient (Wildman–Crippen LogP) is 2.24. The zero-order chi connectivity index (χ0) is 23.4. The first kappa shape index (κ1) is 22.3. The lowest BCUT2D eigenvalue weighted by atomic mass is 9.92. The maximum Gasteiger partial charge on any atom is 0.344 e. The van der Waals surface area contributed by atoms with Crippen molar-refractivity contribution >= 4 is 65.0 Å². The normalized spacial score (nSPS) is 18.7. The molecule has 2 heterocycles. The molecule has 6 N–H and O–H groups in total. The average Bonchev–Trinajstić information content (AvgIpc) is 2.66. The Morgan fingerprint density at radius 3 is 2.09 bits per heavy atom. The number of benzene rings is 2. The molecule has 0 unspecified atom stereocenters. The van der Waals surface area contributed by atoms with Gasteiger partial charge in [0.05, 0.1) is 16.9 Å². The summed E-state index contributed by atoms with van der Waals surface area (Å²) in [7, 11) is -7.72. The van der Waals surface area contributed by atoms with Crippen LogP contribution in [0.1, 0.15) is 36.1 Å². The lowest BCUT2D eigenvalue weighted by Crippen LogP contribution is -2.27. The molecule has 0 fully saturated rings. The van der Waals surface area contributed by atoms with Gasteiger partial charge in [-0.25, -0.2) is 0 Å². The summed E-state index contributed by atoms with van der Waals surface area (Å²) in [5.41, 5.74) is 17.1. The number of nitrogens with zero attached hydrogens (tertiary/aromatic N) is 2. The smallest absolute Gasteiger partial charge is 0.344 e. The van der Waals surface area contributed by atoms with Crippen molar-refractivity contribution < 1.29 is 16.8 Å². The van der Waals surface area contributed by atoms with Gasteiger partial charge in [0.25, 0.3) is 0 Å². The Hall–Kier alpha value is -2.90. The Bertz CT molecular complexity index is 1480. The number of nitrogens with one attached hydrogen (secondary N) is 2. The van der Waals surface area contributed by atoms with Gasteiger partial charge in [-0.15, -0.1) is 8.80 Å². The number of rotatable bonds is 3. The number of nitrogens with two attached hydrogens (primary N) is 2. The van der Waals surface area contributed by atoms with E-state index in [9.17, 15) is 16.8 Å². The van der Waals surface area contributed by atoms with Crippen LogP contribution in [0.5, 0.6) is 0 Å². The van der Waals surface area contributed by atoms with Gasteiger partial charge >= 0.3 is 20.4 Å². The molecule has 4 rings (SSSR count). The van der Waals surface area contributed by atoms with Crippen molar-refractivity contribution in [1.82, 2.24) is 0 Å². The van der Waals surface area contributed by atoms with E-state index >= 15 is 0 Å². The fourth-order valence-corrected chi connectivity index (χ4v) is 6.02. The van der Waals surface area contributed by atoms with Crippen LogP contribution in [0.25, 0.3) is 5.57 Å². The second kappa shape index (κ2) is 7.60. The number of allylic oxidation sites excluding steroid dienone is 2. The minimum Gasteiger partial charge on any atom is -0.382 e. The third kappa shape index (κ3) is 3.98. The molecule has 0 aliphatic carbocycles. The van der Waals surface area contributed by atoms with Crippen molar-refractivity contribution in [3.63, 3.8) is 0 Å². The molecule has 10 nitrogen and oxygen atoms in total. The lowest BCUT2D eigenvalue weighted by molar-refractivity contribution is 0.601. The summed E-state index contributed by atoms with van der Waals surface area (Å²) >= 11 is 3.53. The summed E-state index contributed by atoms with van der Waals surface area (Å²) in [5.74, 6) is -0.174. The third-order valence-corrected chi connectivity index (χ3v) is 7.95. The zero-order valence-corrected chi connectivity index (χ0v) is 20.2. The van der Waals surface area contributed by atoms with Crippen LogP contribution >= 0.6 is 15.9 Å². The van der Waals surface area contributed by atoms with Gasteiger partial charge in [-0.05, 0) is 65.0 Å². The largest absolute Gasteiger partial charge is 0.382 e. The van der Waals surface area contributed by atoms with Crippen LogP contribution in [-0.2, 0) is 26.8 Å². The molecular formula is C19H19BrN6O4S2. The van der Waals surface area contributed by atoms with Gasteiger partial charge in [-0.2, -0.15) is 16.8 Å². The van der Waals surface area contributed by atoms with Gasteiger partial charge in [-0.3, -0.25) is 9.44 Å². The monoisotopic (exact) mass is 538 g/mol. The topological polar surface area (TPSA) is 169 Å². The Kier molecular flexibility index (Phi) is 5.30. The Balaban J connectivity index is 1.76. The third-order valence-electron chi connectivity index (χ3n) is 5.21. The van der Waals surface area contributed by atoms with Crippen molar-refractivity contribution in [2.45, 2.75) is 20.3 Å². The average molecular weight is 539 g/mol. The van der Waals surface area contributed by atoms with Gasteiger partial charge in [0.1, 0.15) is 11.7 Å². The highest BCUT2D eigenvalue weighted by atomic mass is 79.9. The van der Waals surface area contributed by atoms with Gasteiger partial charge in [0.15, 0.2) is 0 Å².